The number of guanidine groups is 1. The summed E-state index contributed by atoms with van der Waals surface area (Å²) in [6.07, 6.45) is 1.56. The lowest BCUT2D eigenvalue weighted by molar-refractivity contribution is 0.306. The summed E-state index contributed by atoms with van der Waals surface area (Å²) in [4.78, 5) is 0. The zero-order valence-corrected chi connectivity index (χ0v) is 11.9. The molecule has 0 aromatic heterocycles. The van der Waals surface area contributed by atoms with E-state index in [0.717, 1.165) is 16.9 Å². The van der Waals surface area contributed by atoms with Crippen LogP contribution in [-0.4, -0.2) is 12.2 Å². The molecule has 5 nitrogen and oxygen atoms in total. The molecule has 0 amide bonds. The van der Waals surface area contributed by atoms with Gasteiger partial charge in [0, 0.05) is 5.56 Å². The number of aryl methyl sites for hydroxylation is 1. The zero-order chi connectivity index (χ0) is 15.1. The summed E-state index contributed by atoms with van der Waals surface area (Å²) in [6, 6.07) is 15.8. The summed E-state index contributed by atoms with van der Waals surface area (Å²) in [6.45, 7) is 2.55. The Morgan fingerprint density at radius 2 is 1.81 bits per heavy atom. The fourth-order valence-electron chi connectivity index (χ4n) is 1.72. The van der Waals surface area contributed by atoms with Gasteiger partial charge in [0.25, 0.3) is 0 Å². The van der Waals surface area contributed by atoms with Crippen molar-refractivity contribution >= 4 is 12.2 Å². The fraction of sp³-hybridized carbons (Fsp3) is 0.125. The molecule has 0 unspecified atom stereocenters. The number of ether oxygens (including phenoxy) is 1. The Labute approximate surface area is 124 Å². The van der Waals surface area contributed by atoms with E-state index in [1.165, 1.54) is 5.56 Å². The van der Waals surface area contributed by atoms with Crippen LogP contribution in [-0.2, 0) is 6.61 Å². The third-order valence-corrected chi connectivity index (χ3v) is 2.80. The van der Waals surface area contributed by atoms with Crippen molar-refractivity contribution in [1.82, 2.24) is 0 Å². The van der Waals surface area contributed by atoms with Gasteiger partial charge in [0.2, 0.25) is 5.96 Å². The maximum atomic E-state index is 5.82. The molecule has 21 heavy (non-hydrogen) atoms. The summed E-state index contributed by atoms with van der Waals surface area (Å²) in [7, 11) is 0. The van der Waals surface area contributed by atoms with Crippen LogP contribution in [0.15, 0.2) is 58.7 Å². The maximum Gasteiger partial charge on any atom is 0.211 e. The van der Waals surface area contributed by atoms with E-state index in [1.54, 1.807) is 6.21 Å². The number of hydrogen-bond acceptors (Lipinski definition) is 3. The molecule has 0 atom stereocenters. The number of rotatable bonds is 5. The standard InChI is InChI=1S/C16H18N4O/c1-12-6-8-13(9-7-12)11-21-15-5-3-2-4-14(15)10-19-20-16(17)18/h2-10H,11H2,1H3,(H4,17,18,20). The number of benzene rings is 2. The predicted molar refractivity (Wildman–Crippen MR) is 85.4 cm³/mol. The lowest BCUT2D eigenvalue weighted by Gasteiger charge is -2.09. The van der Waals surface area contributed by atoms with Gasteiger partial charge in [0.15, 0.2) is 0 Å². The van der Waals surface area contributed by atoms with Gasteiger partial charge in [-0.15, -0.1) is 5.10 Å². The lowest BCUT2D eigenvalue weighted by atomic mass is 10.1. The van der Waals surface area contributed by atoms with Crippen molar-refractivity contribution in [2.45, 2.75) is 13.5 Å². The average Bonchev–Trinajstić information content (AvgIpc) is 2.47. The van der Waals surface area contributed by atoms with Gasteiger partial charge >= 0.3 is 0 Å². The summed E-state index contributed by atoms with van der Waals surface area (Å²) >= 11 is 0. The zero-order valence-electron chi connectivity index (χ0n) is 11.9. The van der Waals surface area contributed by atoms with Gasteiger partial charge in [-0.3, -0.25) is 0 Å². The molecule has 0 radical (unpaired) electrons. The summed E-state index contributed by atoms with van der Waals surface area (Å²) in [5.41, 5.74) is 13.6. The van der Waals surface area contributed by atoms with E-state index >= 15 is 0 Å². The van der Waals surface area contributed by atoms with Gasteiger partial charge in [-0.1, -0.05) is 42.0 Å². The van der Waals surface area contributed by atoms with E-state index in [1.807, 2.05) is 36.4 Å². The second-order valence-electron chi connectivity index (χ2n) is 4.58. The van der Waals surface area contributed by atoms with Crippen molar-refractivity contribution in [3.8, 4) is 5.75 Å². The molecule has 0 fully saturated rings. The van der Waals surface area contributed by atoms with Crippen LogP contribution in [0.5, 0.6) is 5.75 Å². The van der Waals surface area contributed by atoms with Gasteiger partial charge in [0.1, 0.15) is 12.4 Å². The molecule has 4 N–H and O–H groups in total. The van der Waals surface area contributed by atoms with Crippen LogP contribution in [0.1, 0.15) is 16.7 Å². The Morgan fingerprint density at radius 1 is 1.10 bits per heavy atom. The Bertz CT molecular complexity index is 644. The first-order chi connectivity index (χ1) is 10.1. The third kappa shape index (κ3) is 4.65. The molecule has 0 saturated heterocycles. The maximum absolute atomic E-state index is 5.82. The van der Waals surface area contributed by atoms with Crippen molar-refractivity contribution in [3.63, 3.8) is 0 Å². The minimum atomic E-state index is -0.0793. The topological polar surface area (TPSA) is 86.0 Å². The molecule has 2 aromatic carbocycles. The molecule has 0 aliphatic carbocycles. The van der Waals surface area contributed by atoms with Gasteiger partial charge in [0.05, 0.1) is 6.21 Å². The monoisotopic (exact) mass is 282 g/mol. The van der Waals surface area contributed by atoms with Gasteiger partial charge in [-0.2, -0.15) is 5.10 Å². The van der Waals surface area contributed by atoms with Crippen LogP contribution in [0.4, 0.5) is 0 Å². The lowest BCUT2D eigenvalue weighted by Crippen LogP contribution is -2.21. The van der Waals surface area contributed by atoms with Gasteiger partial charge in [-0.05, 0) is 24.6 Å². The number of nitrogens with zero attached hydrogens (tertiary/aromatic N) is 2. The van der Waals surface area contributed by atoms with Gasteiger partial charge in [-0.25, -0.2) is 0 Å². The van der Waals surface area contributed by atoms with Crippen molar-refractivity contribution in [1.29, 1.82) is 0 Å². The van der Waals surface area contributed by atoms with E-state index in [0.29, 0.717) is 6.61 Å². The summed E-state index contributed by atoms with van der Waals surface area (Å²) < 4.78 is 5.82. The Balaban J connectivity index is 2.07. The minimum Gasteiger partial charge on any atom is -0.488 e. The molecular formula is C16H18N4O. The minimum absolute atomic E-state index is 0.0793. The molecule has 0 saturated carbocycles. The van der Waals surface area contributed by atoms with Crippen molar-refractivity contribution in [2.24, 2.45) is 21.7 Å². The summed E-state index contributed by atoms with van der Waals surface area (Å²) in [5, 5.41) is 7.38. The Kier molecular flexibility index (Phi) is 4.93. The first-order valence-electron chi connectivity index (χ1n) is 6.54. The van der Waals surface area contributed by atoms with Crippen molar-refractivity contribution in [2.75, 3.05) is 0 Å². The SMILES string of the molecule is Cc1ccc(COc2ccccc2C=NN=C(N)N)cc1. The van der Waals surface area contributed by atoms with Gasteiger partial charge < -0.3 is 16.2 Å². The predicted octanol–water partition coefficient (Wildman–Crippen LogP) is 2.18. The molecule has 2 rings (SSSR count). The van der Waals surface area contributed by atoms with Crippen LogP contribution < -0.4 is 16.2 Å². The molecule has 2 aromatic rings. The van der Waals surface area contributed by atoms with Crippen molar-refractivity contribution < 1.29 is 4.74 Å². The smallest absolute Gasteiger partial charge is 0.211 e. The number of para-hydroxylation sites is 1. The van der Waals surface area contributed by atoms with Crippen LogP contribution in [0.2, 0.25) is 0 Å². The highest BCUT2D eigenvalue weighted by Gasteiger charge is 2.01. The second kappa shape index (κ2) is 7.09. The molecule has 0 aliphatic heterocycles. The molecule has 0 spiro atoms. The summed E-state index contributed by atoms with van der Waals surface area (Å²) in [5.74, 6) is 0.650. The fourth-order valence-corrected chi connectivity index (χ4v) is 1.72. The van der Waals surface area contributed by atoms with E-state index in [9.17, 15) is 0 Å². The normalized spacial score (nSPS) is 10.5. The Morgan fingerprint density at radius 3 is 2.52 bits per heavy atom. The van der Waals surface area contributed by atoms with Crippen LogP contribution >= 0.6 is 0 Å². The highest BCUT2D eigenvalue weighted by molar-refractivity contribution is 5.84. The van der Waals surface area contributed by atoms with E-state index in [4.69, 9.17) is 16.2 Å². The molecular weight excluding hydrogens is 264 g/mol. The average molecular weight is 282 g/mol. The molecule has 108 valence electrons. The van der Waals surface area contributed by atoms with Crippen LogP contribution in [0.3, 0.4) is 0 Å². The van der Waals surface area contributed by atoms with E-state index < -0.39 is 0 Å². The first-order valence-corrected chi connectivity index (χ1v) is 6.54. The highest BCUT2D eigenvalue weighted by Crippen LogP contribution is 2.17. The second-order valence-corrected chi connectivity index (χ2v) is 4.58. The molecule has 5 heteroatoms. The molecule has 0 bridgehead atoms. The first kappa shape index (κ1) is 14.6. The van der Waals surface area contributed by atoms with Crippen LogP contribution in [0, 0.1) is 6.92 Å². The third-order valence-electron chi connectivity index (χ3n) is 2.80. The van der Waals surface area contributed by atoms with E-state index in [2.05, 4.69) is 29.3 Å². The van der Waals surface area contributed by atoms with E-state index in [-0.39, 0.29) is 5.96 Å². The van der Waals surface area contributed by atoms with Crippen LogP contribution in [0.25, 0.3) is 0 Å². The molecule has 0 aliphatic rings. The number of nitrogens with two attached hydrogens (primary N) is 2. The van der Waals surface area contributed by atoms with Crippen molar-refractivity contribution in [3.05, 3.63) is 65.2 Å². The number of hydrogen-bond donors (Lipinski definition) is 2. The molecule has 0 heterocycles. The highest BCUT2D eigenvalue weighted by atomic mass is 16.5. The largest absolute Gasteiger partial charge is 0.488 e. The quantitative estimate of drug-likeness (QED) is 0.500. The Hall–Kier alpha value is -2.82.